The normalized spacial score (nSPS) is 10.9. The van der Waals surface area contributed by atoms with Crippen molar-refractivity contribution in [2.75, 3.05) is 12.4 Å². The van der Waals surface area contributed by atoms with E-state index in [9.17, 15) is 4.79 Å². The molecule has 2 N–H and O–H groups in total. The summed E-state index contributed by atoms with van der Waals surface area (Å²) in [7, 11) is 1.59. The van der Waals surface area contributed by atoms with Crippen molar-refractivity contribution in [2.24, 2.45) is 0 Å². The van der Waals surface area contributed by atoms with Crippen molar-refractivity contribution in [1.29, 1.82) is 0 Å². The summed E-state index contributed by atoms with van der Waals surface area (Å²) in [5.41, 5.74) is 1.58. The van der Waals surface area contributed by atoms with Crippen molar-refractivity contribution in [3.8, 4) is 5.75 Å². The molecule has 0 unspecified atom stereocenters. The third-order valence-electron chi connectivity index (χ3n) is 2.41. The summed E-state index contributed by atoms with van der Waals surface area (Å²) in [5, 5.41) is 5.67. The molecule has 2 amide bonds. The molecule has 100 valence electrons. The molecule has 4 nitrogen and oxygen atoms in total. The summed E-state index contributed by atoms with van der Waals surface area (Å²) in [4.78, 5) is 11.8. The monoisotopic (exact) mass is 250 g/mol. The highest BCUT2D eigenvalue weighted by Gasteiger charge is 2.15. The van der Waals surface area contributed by atoms with Crippen LogP contribution in [-0.4, -0.2) is 18.7 Å². The number of anilines is 1. The van der Waals surface area contributed by atoms with Gasteiger partial charge in [0.1, 0.15) is 5.75 Å². The van der Waals surface area contributed by atoms with Crippen molar-refractivity contribution in [3.05, 3.63) is 23.8 Å². The Morgan fingerprint density at radius 1 is 1.33 bits per heavy atom. The van der Waals surface area contributed by atoms with Gasteiger partial charge in [-0.05, 0) is 44.9 Å². The lowest BCUT2D eigenvalue weighted by Crippen LogP contribution is -2.43. The fraction of sp³-hybridized carbons (Fsp3) is 0.500. The summed E-state index contributed by atoms with van der Waals surface area (Å²) in [6.07, 6.45) is 0.916. The Kier molecular flexibility index (Phi) is 4.59. The molecule has 0 bridgehead atoms. The molecule has 18 heavy (non-hydrogen) atoms. The number of carbonyl (C=O) groups is 1. The molecule has 0 saturated carbocycles. The first-order valence-electron chi connectivity index (χ1n) is 6.12. The van der Waals surface area contributed by atoms with E-state index >= 15 is 0 Å². The summed E-state index contributed by atoms with van der Waals surface area (Å²) in [6.45, 7) is 7.88. The van der Waals surface area contributed by atoms with Gasteiger partial charge in [0.2, 0.25) is 0 Å². The van der Waals surface area contributed by atoms with Gasteiger partial charge in [0.05, 0.1) is 12.8 Å². The maximum absolute atomic E-state index is 11.8. The van der Waals surface area contributed by atoms with E-state index in [0.29, 0.717) is 11.4 Å². The molecule has 0 aliphatic rings. The largest absolute Gasteiger partial charge is 0.495 e. The fourth-order valence-electron chi connectivity index (χ4n) is 1.57. The number of methoxy groups -OCH3 is 1. The summed E-state index contributed by atoms with van der Waals surface area (Å²) < 4.78 is 5.23. The lowest BCUT2D eigenvalue weighted by Gasteiger charge is -2.21. The van der Waals surface area contributed by atoms with Crippen LogP contribution in [-0.2, 0) is 6.42 Å². The Morgan fingerprint density at radius 3 is 2.50 bits per heavy atom. The van der Waals surface area contributed by atoms with Crippen molar-refractivity contribution >= 4 is 11.7 Å². The first-order valence-corrected chi connectivity index (χ1v) is 6.12. The number of urea groups is 1. The van der Waals surface area contributed by atoms with E-state index < -0.39 is 0 Å². The highest BCUT2D eigenvalue weighted by molar-refractivity contribution is 5.91. The van der Waals surface area contributed by atoms with E-state index in [0.717, 1.165) is 12.0 Å². The standard InChI is InChI=1S/C14H22N2O2/c1-6-10-7-8-12(18-5)11(9-10)15-13(17)16-14(2,3)4/h7-9H,6H2,1-5H3,(H2,15,16,17). The van der Waals surface area contributed by atoms with Crippen LogP contribution < -0.4 is 15.4 Å². The van der Waals surface area contributed by atoms with Crippen LogP contribution in [0.1, 0.15) is 33.3 Å². The van der Waals surface area contributed by atoms with Crippen LogP contribution in [0.3, 0.4) is 0 Å². The topological polar surface area (TPSA) is 50.4 Å². The predicted molar refractivity (Wildman–Crippen MR) is 74.3 cm³/mol. The minimum Gasteiger partial charge on any atom is -0.495 e. The zero-order valence-corrected chi connectivity index (χ0v) is 11.8. The minimum absolute atomic E-state index is 0.228. The SMILES string of the molecule is CCc1ccc(OC)c(NC(=O)NC(C)(C)C)c1. The van der Waals surface area contributed by atoms with E-state index in [-0.39, 0.29) is 11.6 Å². The Morgan fingerprint density at radius 2 is 2.00 bits per heavy atom. The van der Waals surface area contributed by atoms with Gasteiger partial charge in [-0.3, -0.25) is 0 Å². The molecule has 0 heterocycles. The molecule has 0 saturated heterocycles. The number of hydrogen-bond donors (Lipinski definition) is 2. The van der Waals surface area contributed by atoms with E-state index in [4.69, 9.17) is 4.74 Å². The second-order valence-corrected chi connectivity index (χ2v) is 5.22. The average Bonchev–Trinajstić information content (AvgIpc) is 2.26. The molecule has 0 radical (unpaired) electrons. The van der Waals surface area contributed by atoms with Crippen LogP contribution in [0.2, 0.25) is 0 Å². The molecule has 1 rings (SSSR count). The highest BCUT2D eigenvalue weighted by atomic mass is 16.5. The van der Waals surface area contributed by atoms with Crippen LogP contribution in [0.5, 0.6) is 5.75 Å². The Labute approximate surface area is 109 Å². The van der Waals surface area contributed by atoms with Gasteiger partial charge in [-0.1, -0.05) is 13.0 Å². The average molecular weight is 250 g/mol. The van der Waals surface area contributed by atoms with Crippen molar-refractivity contribution in [1.82, 2.24) is 5.32 Å². The summed E-state index contributed by atoms with van der Waals surface area (Å²) >= 11 is 0. The molecule has 0 atom stereocenters. The zero-order valence-electron chi connectivity index (χ0n) is 11.8. The van der Waals surface area contributed by atoms with Gasteiger partial charge >= 0.3 is 6.03 Å². The molecular weight excluding hydrogens is 228 g/mol. The fourth-order valence-corrected chi connectivity index (χ4v) is 1.57. The Balaban J connectivity index is 2.85. The number of nitrogens with one attached hydrogen (secondary N) is 2. The molecule has 0 spiro atoms. The lowest BCUT2D eigenvalue weighted by molar-refractivity contribution is 0.243. The van der Waals surface area contributed by atoms with Crippen molar-refractivity contribution < 1.29 is 9.53 Å². The lowest BCUT2D eigenvalue weighted by atomic mass is 10.1. The van der Waals surface area contributed by atoms with E-state index in [1.807, 2.05) is 39.0 Å². The quantitative estimate of drug-likeness (QED) is 0.865. The highest BCUT2D eigenvalue weighted by Crippen LogP contribution is 2.25. The number of amides is 2. The van der Waals surface area contributed by atoms with Crippen LogP contribution >= 0.6 is 0 Å². The molecule has 1 aromatic carbocycles. The molecule has 0 fully saturated rings. The number of benzene rings is 1. The third kappa shape index (κ3) is 4.28. The Bertz CT molecular complexity index is 422. The number of aryl methyl sites for hydroxylation is 1. The second-order valence-electron chi connectivity index (χ2n) is 5.22. The molecule has 0 aliphatic carbocycles. The van der Waals surface area contributed by atoms with Crippen molar-refractivity contribution in [2.45, 2.75) is 39.7 Å². The number of hydrogen-bond acceptors (Lipinski definition) is 2. The Hall–Kier alpha value is -1.71. The molecular formula is C14H22N2O2. The molecule has 0 aromatic heterocycles. The van der Waals surface area contributed by atoms with E-state index in [1.54, 1.807) is 7.11 Å². The number of ether oxygens (including phenoxy) is 1. The van der Waals surface area contributed by atoms with Gasteiger partial charge in [-0.2, -0.15) is 0 Å². The number of carbonyl (C=O) groups excluding carboxylic acids is 1. The molecule has 4 heteroatoms. The van der Waals surface area contributed by atoms with Gasteiger partial charge in [-0.25, -0.2) is 4.79 Å². The van der Waals surface area contributed by atoms with Crippen LogP contribution in [0, 0.1) is 0 Å². The zero-order chi connectivity index (χ0) is 13.8. The molecule has 1 aromatic rings. The van der Waals surface area contributed by atoms with Crippen molar-refractivity contribution in [3.63, 3.8) is 0 Å². The van der Waals surface area contributed by atoms with Gasteiger partial charge in [0.25, 0.3) is 0 Å². The first-order chi connectivity index (χ1) is 8.35. The predicted octanol–water partition coefficient (Wildman–Crippen LogP) is 3.18. The minimum atomic E-state index is -0.264. The second kappa shape index (κ2) is 5.76. The summed E-state index contributed by atoms with van der Waals surface area (Å²) in [6, 6.07) is 5.56. The smallest absolute Gasteiger partial charge is 0.319 e. The van der Waals surface area contributed by atoms with Gasteiger partial charge < -0.3 is 15.4 Å². The van der Waals surface area contributed by atoms with E-state index in [1.165, 1.54) is 0 Å². The van der Waals surface area contributed by atoms with Gasteiger partial charge in [0.15, 0.2) is 0 Å². The maximum atomic E-state index is 11.8. The van der Waals surface area contributed by atoms with E-state index in [2.05, 4.69) is 17.6 Å². The van der Waals surface area contributed by atoms with Crippen LogP contribution in [0.4, 0.5) is 10.5 Å². The van der Waals surface area contributed by atoms with Crippen LogP contribution in [0.25, 0.3) is 0 Å². The number of rotatable bonds is 3. The third-order valence-corrected chi connectivity index (χ3v) is 2.41. The maximum Gasteiger partial charge on any atom is 0.319 e. The van der Waals surface area contributed by atoms with Gasteiger partial charge in [-0.15, -0.1) is 0 Å². The first kappa shape index (κ1) is 14.4. The van der Waals surface area contributed by atoms with Crippen LogP contribution in [0.15, 0.2) is 18.2 Å². The summed E-state index contributed by atoms with van der Waals surface area (Å²) in [5.74, 6) is 0.663. The molecule has 0 aliphatic heterocycles. The van der Waals surface area contributed by atoms with Gasteiger partial charge in [0, 0.05) is 5.54 Å².